The van der Waals surface area contributed by atoms with E-state index in [-0.39, 0.29) is 24.4 Å². The molecule has 1 aliphatic carbocycles. The Morgan fingerprint density at radius 1 is 1.31 bits per heavy atom. The van der Waals surface area contributed by atoms with Crippen LogP contribution in [0.5, 0.6) is 0 Å². The van der Waals surface area contributed by atoms with Gasteiger partial charge in [0.1, 0.15) is 36.8 Å². The summed E-state index contributed by atoms with van der Waals surface area (Å²) in [6.45, 7) is 11.5. The number of hydrogen-bond acceptors (Lipinski definition) is 9. The number of nitrogens with zero attached hydrogens (tertiary/aromatic N) is 2. The number of aliphatic imine (C=N–C) groups is 1. The first-order chi connectivity index (χ1) is 19.7. The SMILES string of the molecule is CCN(CC)C(=O)NC(=NC=N)c1ccc([C@]2(C)O[C@H](COC(=O)CC3CCC3)[C@@H](OC(=O)[C@@H](N)C(C)(C)C)[C@H]2O)[nH]1. The lowest BCUT2D eigenvalue weighted by atomic mass is 9.83. The first-order valence-electron chi connectivity index (χ1n) is 14.5. The quantitative estimate of drug-likeness (QED) is 0.147. The number of ether oxygens (including phenoxy) is 3. The normalized spacial score (nSPS) is 25.3. The summed E-state index contributed by atoms with van der Waals surface area (Å²) in [7, 11) is 0. The third-order valence-electron chi connectivity index (χ3n) is 8.11. The van der Waals surface area contributed by atoms with Gasteiger partial charge in [-0.25, -0.2) is 9.79 Å². The van der Waals surface area contributed by atoms with Crippen LogP contribution in [0.2, 0.25) is 0 Å². The van der Waals surface area contributed by atoms with E-state index in [2.05, 4.69) is 15.3 Å². The summed E-state index contributed by atoms with van der Waals surface area (Å²) in [5, 5.41) is 21.7. The van der Waals surface area contributed by atoms with E-state index in [0.29, 0.717) is 36.8 Å². The van der Waals surface area contributed by atoms with Gasteiger partial charge in [-0.2, -0.15) is 0 Å². The molecule has 0 bridgehead atoms. The highest BCUT2D eigenvalue weighted by Crippen LogP contribution is 2.41. The minimum atomic E-state index is -1.43. The summed E-state index contributed by atoms with van der Waals surface area (Å²) < 4.78 is 17.5. The largest absolute Gasteiger partial charge is 0.463 e. The fraction of sp³-hybridized carbons (Fsp3) is 0.690. The molecule has 13 heteroatoms. The second-order valence-electron chi connectivity index (χ2n) is 12.1. The number of esters is 2. The Morgan fingerprint density at radius 2 is 1.98 bits per heavy atom. The molecule has 0 radical (unpaired) electrons. The highest BCUT2D eigenvalue weighted by atomic mass is 16.6. The molecule has 2 amide bonds. The van der Waals surface area contributed by atoms with E-state index in [9.17, 15) is 19.5 Å². The molecule has 1 aromatic rings. The van der Waals surface area contributed by atoms with Crippen LogP contribution in [0, 0.1) is 16.7 Å². The van der Waals surface area contributed by atoms with E-state index in [4.69, 9.17) is 25.4 Å². The highest BCUT2D eigenvalue weighted by molar-refractivity contribution is 6.08. The van der Waals surface area contributed by atoms with Gasteiger partial charge in [0.05, 0.1) is 11.4 Å². The van der Waals surface area contributed by atoms with Crippen molar-refractivity contribution >= 4 is 30.1 Å². The number of rotatable bonds is 11. The number of carbonyl (C=O) groups excluding carboxylic acids is 3. The molecule has 13 nitrogen and oxygen atoms in total. The maximum absolute atomic E-state index is 13.0. The van der Waals surface area contributed by atoms with Gasteiger partial charge >= 0.3 is 18.0 Å². The molecule has 1 aromatic heterocycles. The molecule has 1 aliphatic heterocycles. The maximum Gasteiger partial charge on any atom is 0.323 e. The number of aliphatic hydroxyl groups excluding tert-OH is 1. The lowest BCUT2D eigenvalue weighted by Crippen LogP contribution is -2.48. The van der Waals surface area contributed by atoms with Crippen LogP contribution in [0.3, 0.4) is 0 Å². The fourth-order valence-electron chi connectivity index (χ4n) is 4.94. The van der Waals surface area contributed by atoms with Gasteiger partial charge in [-0.3, -0.25) is 20.3 Å². The molecular weight excluding hydrogens is 544 g/mol. The molecule has 1 saturated heterocycles. The van der Waals surface area contributed by atoms with Crippen molar-refractivity contribution in [2.75, 3.05) is 19.7 Å². The molecule has 234 valence electrons. The lowest BCUT2D eigenvalue weighted by molar-refractivity contribution is -0.164. The smallest absolute Gasteiger partial charge is 0.323 e. The fourth-order valence-corrected chi connectivity index (χ4v) is 4.94. The summed E-state index contributed by atoms with van der Waals surface area (Å²) in [4.78, 5) is 46.8. The van der Waals surface area contributed by atoms with Crippen LogP contribution in [0.1, 0.15) is 78.6 Å². The molecular formula is C29H46N6O7. The Balaban J connectivity index is 1.85. The number of urea groups is 1. The zero-order chi connectivity index (χ0) is 31.2. The van der Waals surface area contributed by atoms with E-state index >= 15 is 0 Å². The van der Waals surface area contributed by atoms with Crippen LogP contribution in [0.25, 0.3) is 0 Å². The van der Waals surface area contributed by atoms with Gasteiger partial charge < -0.3 is 34.9 Å². The number of amidine groups is 1. The van der Waals surface area contributed by atoms with Crippen LogP contribution < -0.4 is 11.1 Å². The Hall–Kier alpha value is -3.29. The zero-order valence-corrected chi connectivity index (χ0v) is 25.4. The van der Waals surface area contributed by atoms with Gasteiger partial charge in [0, 0.05) is 19.5 Å². The average Bonchev–Trinajstić information content (AvgIpc) is 3.49. The van der Waals surface area contributed by atoms with E-state index in [1.165, 1.54) is 0 Å². The van der Waals surface area contributed by atoms with Crippen LogP contribution in [-0.4, -0.2) is 89.2 Å². The predicted molar refractivity (Wildman–Crippen MR) is 156 cm³/mol. The van der Waals surface area contributed by atoms with Crippen molar-refractivity contribution in [1.82, 2.24) is 15.2 Å². The van der Waals surface area contributed by atoms with Crippen molar-refractivity contribution in [1.29, 1.82) is 5.41 Å². The molecule has 5 atom stereocenters. The van der Waals surface area contributed by atoms with Crippen molar-refractivity contribution < 1.29 is 33.7 Å². The molecule has 2 heterocycles. The summed E-state index contributed by atoms with van der Waals surface area (Å²) in [6, 6.07) is 1.92. The molecule has 42 heavy (non-hydrogen) atoms. The van der Waals surface area contributed by atoms with Gasteiger partial charge in [0.25, 0.3) is 0 Å². The van der Waals surface area contributed by atoms with E-state index in [1.807, 2.05) is 13.8 Å². The molecule has 0 unspecified atom stereocenters. The van der Waals surface area contributed by atoms with Crippen LogP contribution in [0.15, 0.2) is 17.1 Å². The number of nitrogens with two attached hydrogens (primary N) is 1. The van der Waals surface area contributed by atoms with Crippen LogP contribution in [0.4, 0.5) is 4.79 Å². The van der Waals surface area contributed by atoms with E-state index < -0.39 is 41.3 Å². The number of aliphatic hydroxyl groups is 1. The summed E-state index contributed by atoms with van der Waals surface area (Å²) in [6.07, 6.45) is 0.664. The Labute approximate surface area is 247 Å². The Kier molecular flexibility index (Phi) is 10.9. The lowest BCUT2D eigenvalue weighted by Gasteiger charge is -2.29. The third kappa shape index (κ3) is 7.56. The summed E-state index contributed by atoms with van der Waals surface area (Å²) in [5.41, 5.74) is 4.86. The molecule has 2 fully saturated rings. The van der Waals surface area contributed by atoms with Gasteiger partial charge in [-0.1, -0.05) is 27.2 Å². The number of aromatic nitrogens is 1. The minimum Gasteiger partial charge on any atom is -0.463 e. The van der Waals surface area contributed by atoms with Crippen molar-refractivity contribution in [3.05, 3.63) is 23.5 Å². The number of aromatic amines is 1. The molecule has 6 N–H and O–H groups in total. The summed E-state index contributed by atoms with van der Waals surface area (Å²) in [5.74, 6) is -0.671. The minimum absolute atomic E-state index is 0.102. The second kappa shape index (κ2) is 13.8. The van der Waals surface area contributed by atoms with Crippen molar-refractivity contribution in [3.8, 4) is 0 Å². The third-order valence-corrected chi connectivity index (χ3v) is 8.11. The van der Waals surface area contributed by atoms with Gasteiger partial charge in [-0.05, 0) is 57.1 Å². The number of nitrogens with one attached hydrogen (secondary N) is 3. The van der Waals surface area contributed by atoms with Crippen molar-refractivity contribution in [3.63, 3.8) is 0 Å². The van der Waals surface area contributed by atoms with Gasteiger partial charge in [0.2, 0.25) is 0 Å². The highest BCUT2D eigenvalue weighted by Gasteiger charge is 2.56. The number of carbonyl (C=O) groups is 3. The molecule has 3 rings (SSSR count). The number of H-pyrrole nitrogens is 1. The first-order valence-corrected chi connectivity index (χ1v) is 14.5. The van der Waals surface area contributed by atoms with Gasteiger partial charge in [-0.15, -0.1) is 0 Å². The average molecular weight is 591 g/mol. The number of amides is 2. The molecule has 0 aromatic carbocycles. The van der Waals surface area contributed by atoms with Crippen molar-refractivity contribution in [2.24, 2.45) is 22.1 Å². The molecule has 2 aliphatic rings. The number of hydrogen-bond donors (Lipinski definition) is 5. The standard InChI is InChI=1S/C29H46N6O7/c1-7-35(8-2)27(39)34-25(32-16-30)18-12-13-20(33-18)29(6)24(37)22(41-26(38)23(31)28(3,4)5)19(42-29)15-40-21(36)14-17-10-9-11-17/h12-13,16-17,19,22-24,33,37H,7-11,14-15,31H2,1-6H3,(H2,30,32,34,39)/t19-,22-,23-,24-,29+/m1/s1. The predicted octanol–water partition coefficient (Wildman–Crippen LogP) is 2.41. The Bertz CT molecular complexity index is 1150. The summed E-state index contributed by atoms with van der Waals surface area (Å²) >= 11 is 0. The second-order valence-corrected chi connectivity index (χ2v) is 12.1. The maximum atomic E-state index is 13.0. The molecule has 1 saturated carbocycles. The van der Waals surface area contributed by atoms with E-state index in [0.717, 1.165) is 25.6 Å². The monoisotopic (exact) mass is 590 g/mol. The van der Waals surface area contributed by atoms with Crippen LogP contribution in [-0.2, 0) is 29.4 Å². The molecule has 0 spiro atoms. The Morgan fingerprint density at radius 3 is 2.52 bits per heavy atom. The topological polar surface area (TPSA) is 192 Å². The van der Waals surface area contributed by atoms with Crippen LogP contribution >= 0.6 is 0 Å². The van der Waals surface area contributed by atoms with Gasteiger partial charge in [0.15, 0.2) is 11.9 Å². The zero-order valence-electron chi connectivity index (χ0n) is 25.4. The van der Waals surface area contributed by atoms with E-state index in [1.54, 1.807) is 44.7 Å². The first kappa shape index (κ1) is 33.2. The van der Waals surface area contributed by atoms with Crippen molar-refractivity contribution in [2.45, 2.75) is 97.2 Å².